The second kappa shape index (κ2) is 4.72. The van der Waals surface area contributed by atoms with Gasteiger partial charge in [-0.05, 0) is 48.7 Å². The number of amides is 1. The van der Waals surface area contributed by atoms with Crippen molar-refractivity contribution < 1.29 is 4.79 Å². The third kappa shape index (κ3) is 2.24. The molecule has 1 aliphatic heterocycles. The molecule has 2 rings (SSSR count). The van der Waals surface area contributed by atoms with E-state index in [1.54, 1.807) is 11.9 Å². The first-order valence-corrected chi connectivity index (χ1v) is 5.86. The van der Waals surface area contributed by atoms with Crippen molar-refractivity contribution in [3.8, 4) is 0 Å². The first-order valence-electron chi connectivity index (χ1n) is 5.86. The molecule has 17 heavy (non-hydrogen) atoms. The summed E-state index contributed by atoms with van der Waals surface area (Å²) >= 11 is 0. The summed E-state index contributed by atoms with van der Waals surface area (Å²) in [7, 11) is 1.79. The SMILES string of the molecule is C=CC(=O)N(C)c1cc2c(cc1C)CCNC2. The van der Waals surface area contributed by atoms with E-state index in [4.69, 9.17) is 0 Å². The summed E-state index contributed by atoms with van der Waals surface area (Å²) in [6.07, 6.45) is 2.41. The molecule has 3 nitrogen and oxygen atoms in total. The molecular weight excluding hydrogens is 212 g/mol. The standard InChI is InChI=1S/C14H18N2O/c1-4-14(17)16(3)13-8-12-9-15-6-5-11(12)7-10(13)2/h4,7-8,15H,1,5-6,9H2,2-3H3. The fraction of sp³-hybridized carbons (Fsp3) is 0.357. The second-order valence-electron chi connectivity index (χ2n) is 4.44. The van der Waals surface area contributed by atoms with Gasteiger partial charge in [-0.15, -0.1) is 0 Å². The summed E-state index contributed by atoms with van der Waals surface area (Å²) in [5.41, 5.74) is 4.80. The number of benzene rings is 1. The minimum Gasteiger partial charge on any atom is -0.312 e. The Bertz CT molecular complexity index is 466. The Hall–Kier alpha value is -1.61. The third-order valence-electron chi connectivity index (χ3n) is 3.27. The van der Waals surface area contributed by atoms with Gasteiger partial charge < -0.3 is 10.2 Å². The summed E-state index contributed by atoms with van der Waals surface area (Å²) in [5.74, 6) is -0.0724. The van der Waals surface area contributed by atoms with E-state index in [1.807, 2.05) is 6.92 Å². The van der Waals surface area contributed by atoms with Crippen molar-refractivity contribution in [2.75, 3.05) is 18.5 Å². The van der Waals surface area contributed by atoms with Crippen LogP contribution in [-0.2, 0) is 17.8 Å². The minimum atomic E-state index is -0.0724. The zero-order chi connectivity index (χ0) is 12.4. The quantitative estimate of drug-likeness (QED) is 0.786. The highest BCUT2D eigenvalue weighted by molar-refractivity contribution is 6.01. The van der Waals surface area contributed by atoms with Crippen LogP contribution in [0.1, 0.15) is 16.7 Å². The molecule has 0 bridgehead atoms. The average Bonchev–Trinajstić information content (AvgIpc) is 2.36. The lowest BCUT2D eigenvalue weighted by Gasteiger charge is -2.23. The van der Waals surface area contributed by atoms with E-state index in [0.717, 1.165) is 30.8 Å². The highest BCUT2D eigenvalue weighted by Gasteiger charge is 2.15. The van der Waals surface area contributed by atoms with Crippen LogP contribution in [0.2, 0.25) is 0 Å². The molecule has 0 unspecified atom stereocenters. The van der Waals surface area contributed by atoms with Gasteiger partial charge in [-0.25, -0.2) is 0 Å². The van der Waals surface area contributed by atoms with Crippen molar-refractivity contribution >= 4 is 11.6 Å². The van der Waals surface area contributed by atoms with E-state index < -0.39 is 0 Å². The second-order valence-corrected chi connectivity index (χ2v) is 4.44. The highest BCUT2D eigenvalue weighted by atomic mass is 16.2. The van der Waals surface area contributed by atoms with Crippen molar-refractivity contribution in [1.82, 2.24) is 5.32 Å². The Kier molecular flexibility index (Phi) is 3.29. The summed E-state index contributed by atoms with van der Waals surface area (Å²) < 4.78 is 0. The van der Waals surface area contributed by atoms with Gasteiger partial charge in [0.15, 0.2) is 0 Å². The van der Waals surface area contributed by atoms with E-state index in [0.29, 0.717) is 0 Å². The maximum absolute atomic E-state index is 11.6. The van der Waals surface area contributed by atoms with Crippen LogP contribution in [0.25, 0.3) is 0 Å². The van der Waals surface area contributed by atoms with Crippen LogP contribution >= 0.6 is 0 Å². The van der Waals surface area contributed by atoms with E-state index in [1.165, 1.54) is 17.2 Å². The van der Waals surface area contributed by atoms with Gasteiger partial charge in [-0.2, -0.15) is 0 Å². The predicted octanol–water partition coefficient (Wildman–Crippen LogP) is 1.79. The van der Waals surface area contributed by atoms with Crippen LogP contribution in [0, 0.1) is 6.92 Å². The number of hydrogen-bond donors (Lipinski definition) is 1. The molecule has 1 heterocycles. The highest BCUT2D eigenvalue weighted by Crippen LogP contribution is 2.26. The third-order valence-corrected chi connectivity index (χ3v) is 3.27. The van der Waals surface area contributed by atoms with E-state index >= 15 is 0 Å². The van der Waals surface area contributed by atoms with E-state index in [2.05, 4.69) is 24.0 Å². The summed E-state index contributed by atoms with van der Waals surface area (Å²) in [5, 5.41) is 3.35. The summed E-state index contributed by atoms with van der Waals surface area (Å²) in [4.78, 5) is 13.3. The predicted molar refractivity (Wildman–Crippen MR) is 70.2 cm³/mol. The Balaban J connectivity index is 2.41. The van der Waals surface area contributed by atoms with Crippen LogP contribution < -0.4 is 10.2 Å². The molecule has 1 aromatic carbocycles. The smallest absolute Gasteiger partial charge is 0.250 e. The van der Waals surface area contributed by atoms with Crippen molar-refractivity contribution in [2.24, 2.45) is 0 Å². The van der Waals surface area contributed by atoms with Crippen LogP contribution in [0.3, 0.4) is 0 Å². The fourth-order valence-corrected chi connectivity index (χ4v) is 2.26. The largest absolute Gasteiger partial charge is 0.312 e. The lowest BCUT2D eigenvalue weighted by atomic mass is 9.97. The Morgan fingerprint density at radius 3 is 2.94 bits per heavy atom. The lowest BCUT2D eigenvalue weighted by molar-refractivity contribution is -0.113. The molecule has 0 aromatic heterocycles. The topological polar surface area (TPSA) is 32.3 Å². The van der Waals surface area contributed by atoms with Gasteiger partial charge in [-0.3, -0.25) is 4.79 Å². The fourth-order valence-electron chi connectivity index (χ4n) is 2.26. The molecule has 0 saturated heterocycles. The van der Waals surface area contributed by atoms with Crippen molar-refractivity contribution in [1.29, 1.82) is 0 Å². The van der Waals surface area contributed by atoms with Gasteiger partial charge in [-0.1, -0.05) is 12.6 Å². The molecule has 3 heteroatoms. The molecule has 0 radical (unpaired) electrons. The molecule has 0 atom stereocenters. The Labute approximate surface area is 102 Å². The Morgan fingerprint density at radius 2 is 2.24 bits per heavy atom. The molecule has 0 saturated carbocycles. The van der Waals surface area contributed by atoms with Gasteiger partial charge in [0.05, 0.1) is 0 Å². The first kappa shape index (κ1) is 11.9. The lowest BCUT2D eigenvalue weighted by Crippen LogP contribution is -2.27. The number of likely N-dealkylation sites (N-methyl/N-ethyl adjacent to an activating group) is 1. The molecule has 1 N–H and O–H groups in total. The summed E-state index contributed by atoms with van der Waals surface area (Å²) in [6, 6.07) is 4.30. The number of nitrogens with zero attached hydrogens (tertiary/aromatic N) is 1. The molecular formula is C14H18N2O. The molecule has 0 fully saturated rings. The van der Waals surface area contributed by atoms with E-state index in [-0.39, 0.29) is 5.91 Å². The number of aryl methyl sites for hydroxylation is 1. The number of carbonyl (C=O) groups is 1. The van der Waals surface area contributed by atoms with Crippen LogP contribution in [0.4, 0.5) is 5.69 Å². The van der Waals surface area contributed by atoms with Crippen LogP contribution in [0.5, 0.6) is 0 Å². The number of nitrogens with one attached hydrogen (secondary N) is 1. The van der Waals surface area contributed by atoms with E-state index in [9.17, 15) is 4.79 Å². The molecule has 1 aliphatic rings. The van der Waals surface area contributed by atoms with Crippen LogP contribution in [0.15, 0.2) is 24.8 Å². The number of anilines is 1. The number of hydrogen-bond acceptors (Lipinski definition) is 2. The number of fused-ring (bicyclic) bond motifs is 1. The van der Waals surface area contributed by atoms with Crippen molar-refractivity contribution in [2.45, 2.75) is 19.9 Å². The Morgan fingerprint density at radius 1 is 1.47 bits per heavy atom. The van der Waals surface area contributed by atoms with Gasteiger partial charge in [0.1, 0.15) is 0 Å². The minimum absolute atomic E-state index is 0.0724. The maximum Gasteiger partial charge on any atom is 0.250 e. The van der Waals surface area contributed by atoms with Crippen molar-refractivity contribution in [3.05, 3.63) is 41.5 Å². The zero-order valence-corrected chi connectivity index (χ0v) is 10.4. The van der Waals surface area contributed by atoms with Crippen LogP contribution in [-0.4, -0.2) is 19.5 Å². The molecule has 0 spiro atoms. The zero-order valence-electron chi connectivity index (χ0n) is 10.4. The average molecular weight is 230 g/mol. The van der Waals surface area contributed by atoms with Crippen molar-refractivity contribution in [3.63, 3.8) is 0 Å². The number of carbonyl (C=O) groups excluding carboxylic acids is 1. The molecule has 1 amide bonds. The first-order chi connectivity index (χ1) is 8.13. The van der Waals surface area contributed by atoms with Gasteiger partial charge in [0, 0.05) is 19.3 Å². The maximum atomic E-state index is 11.6. The van der Waals surface area contributed by atoms with Gasteiger partial charge in [0.25, 0.3) is 0 Å². The number of rotatable bonds is 2. The van der Waals surface area contributed by atoms with Gasteiger partial charge in [0.2, 0.25) is 5.91 Å². The molecule has 90 valence electrons. The molecule has 0 aliphatic carbocycles. The normalized spacial score (nSPS) is 14.0. The molecule has 1 aromatic rings. The van der Waals surface area contributed by atoms with Gasteiger partial charge >= 0.3 is 0 Å². The monoisotopic (exact) mass is 230 g/mol. The summed E-state index contributed by atoms with van der Waals surface area (Å²) in [6.45, 7) is 7.49.